The molecule has 4 aromatic rings. The zero-order chi connectivity index (χ0) is 35.5. The lowest BCUT2D eigenvalue weighted by molar-refractivity contribution is -0.380. The van der Waals surface area contributed by atoms with Gasteiger partial charge in [0.25, 0.3) is 5.56 Å². The molecule has 47 heavy (non-hydrogen) atoms. The van der Waals surface area contributed by atoms with E-state index in [1.54, 1.807) is 12.1 Å². The molecule has 0 bridgehead atoms. The fourth-order valence-electron chi connectivity index (χ4n) is 4.65. The number of hydrogen-bond acceptors (Lipinski definition) is 6. The number of H-pyrrole nitrogens is 1. The first-order valence-electron chi connectivity index (χ1n) is 13.1. The summed E-state index contributed by atoms with van der Waals surface area (Å²) in [7, 11) is -5.84. The normalized spacial score (nSPS) is 13.6. The Labute approximate surface area is 259 Å². The number of nitrogens with one attached hydrogen (secondary N) is 1. The summed E-state index contributed by atoms with van der Waals surface area (Å²) in [5.74, 6) is -0.765. The Kier molecular flexibility index (Phi) is 8.54. The maximum absolute atomic E-state index is 14.3. The van der Waals surface area contributed by atoms with Gasteiger partial charge in [-0.25, -0.2) is 9.18 Å². The highest BCUT2D eigenvalue weighted by Crippen LogP contribution is 2.56. The molecule has 0 amide bonds. The molecular weight excluding hydrogens is 675 g/mol. The zero-order valence-electron chi connectivity index (χ0n) is 24.5. The molecule has 0 aliphatic heterocycles. The highest BCUT2D eigenvalue weighted by Gasteiger charge is 2.89. The number of rotatable bonds is 7. The molecule has 18 heteroatoms. The lowest BCUT2D eigenvalue weighted by atomic mass is 9.83. The summed E-state index contributed by atoms with van der Waals surface area (Å²) in [5, 5.41) is -6.88. The van der Waals surface area contributed by atoms with E-state index in [4.69, 9.17) is 4.74 Å². The van der Waals surface area contributed by atoms with Crippen molar-refractivity contribution in [3.05, 3.63) is 87.2 Å². The Morgan fingerprint density at radius 1 is 0.766 bits per heavy atom. The number of aromatic amines is 1. The Balaban J connectivity index is 1.82. The number of aromatic nitrogens is 2. The number of halogens is 9. The van der Waals surface area contributed by atoms with Crippen molar-refractivity contribution in [1.82, 2.24) is 9.55 Å². The van der Waals surface area contributed by atoms with Crippen LogP contribution in [0.5, 0.6) is 11.5 Å². The van der Waals surface area contributed by atoms with Gasteiger partial charge < -0.3 is 8.92 Å². The molecule has 0 unspecified atom stereocenters. The maximum atomic E-state index is 14.3. The largest absolute Gasteiger partial charge is 0.496 e. The average Bonchev–Trinajstić information content (AvgIpc) is 2.93. The molecule has 0 radical (unpaired) electrons. The second-order valence-corrected chi connectivity index (χ2v) is 12.8. The van der Waals surface area contributed by atoms with E-state index in [9.17, 15) is 57.5 Å². The van der Waals surface area contributed by atoms with Crippen LogP contribution in [0.3, 0.4) is 0 Å². The van der Waals surface area contributed by atoms with Crippen LogP contribution < -0.4 is 20.2 Å². The minimum Gasteiger partial charge on any atom is -0.496 e. The molecule has 0 spiro atoms. The standard InChI is InChI=1S/C29H23F9N2O6S/c1-25(2,3)21-14-18(40-10-9-22(41)39-24(40)42)13-20(23(21)45-4)17-6-5-16-12-19(8-7-15(16)11-17)46-47(43,44)29(37,38)26(30,27(31,32)33)28(34,35)36/h5-14H,1-4H3,(H,39,41,42). The lowest BCUT2D eigenvalue weighted by Gasteiger charge is -2.34. The third-order valence-electron chi connectivity index (χ3n) is 7.01. The third-order valence-corrected chi connectivity index (χ3v) is 8.33. The molecule has 254 valence electrons. The van der Waals surface area contributed by atoms with Gasteiger partial charge in [-0.3, -0.25) is 14.3 Å². The van der Waals surface area contributed by atoms with Crippen LogP contribution >= 0.6 is 0 Å². The highest BCUT2D eigenvalue weighted by atomic mass is 32.2. The van der Waals surface area contributed by atoms with Crippen LogP contribution in [0.15, 0.2) is 70.4 Å². The van der Waals surface area contributed by atoms with Crippen molar-refractivity contribution in [3.63, 3.8) is 0 Å². The molecule has 0 fully saturated rings. The van der Waals surface area contributed by atoms with Gasteiger partial charge in [-0.2, -0.15) is 43.5 Å². The molecule has 8 nitrogen and oxygen atoms in total. The monoisotopic (exact) mass is 698 g/mol. The predicted molar refractivity (Wildman–Crippen MR) is 151 cm³/mol. The number of hydrogen-bond donors (Lipinski definition) is 1. The highest BCUT2D eigenvalue weighted by molar-refractivity contribution is 7.88. The predicted octanol–water partition coefficient (Wildman–Crippen LogP) is 6.79. The summed E-state index contributed by atoms with van der Waals surface area (Å²) < 4.78 is 155. The van der Waals surface area contributed by atoms with Gasteiger partial charge >= 0.3 is 39.1 Å². The van der Waals surface area contributed by atoms with E-state index < -0.39 is 55.8 Å². The van der Waals surface area contributed by atoms with Gasteiger partial charge in [0.05, 0.1) is 12.8 Å². The van der Waals surface area contributed by atoms with Crippen molar-refractivity contribution in [1.29, 1.82) is 0 Å². The van der Waals surface area contributed by atoms with Crippen LogP contribution in [0.1, 0.15) is 26.3 Å². The average molecular weight is 699 g/mol. The number of ether oxygens (including phenoxy) is 1. The number of benzene rings is 3. The third kappa shape index (κ3) is 6.05. The molecule has 4 rings (SSSR count). The number of methoxy groups -OCH3 is 1. The first-order chi connectivity index (χ1) is 21.4. The van der Waals surface area contributed by atoms with Crippen LogP contribution in [0.25, 0.3) is 27.6 Å². The Hall–Kier alpha value is -4.48. The molecule has 1 heterocycles. The van der Waals surface area contributed by atoms with Gasteiger partial charge in [0.1, 0.15) is 11.5 Å². The molecule has 0 aliphatic rings. The summed E-state index contributed by atoms with van der Waals surface area (Å²) in [4.78, 5) is 26.3. The maximum Gasteiger partial charge on any atom is 0.439 e. The summed E-state index contributed by atoms with van der Waals surface area (Å²) in [6, 6.07) is 11.0. The SMILES string of the molecule is COc1c(-c2ccc3cc(OS(=O)(=O)C(F)(F)C(F)(C(F)(F)F)C(F)(F)F)ccc3c2)cc(-n2ccc(=O)[nH]c2=O)cc1C(C)(C)C. The van der Waals surface area contributed by atoms with E-state index in [0.717, 1.165) is 18.2 Å². The van der Waals surface area contributed by atoms with E-state index in [1.165, 1.54) is 36.1 Å². The Bertz CT molecular complexity index is 2070. The van der Waals surface area contributed by atoms with Gasteiger partial charge in [0.2, 0.25) is 0 Å². The van der Waals surface area contributed by atoms with E-state index in [-0.39, 0.29) is 10.8 Å². The number of alkyl halides is 9. The van der Waals surface area contributed by atoms with Gasteiger partial charge in [-0.1, -0.05) is 39.0 Å². The summed E-state index contributed by atoms with van der Waals surface area (Å²) in [6.45, 7) is 5.60. The number of fused-ring (bicyclic) bond motifs is 1. The van der Waals surface area contributed by atoms with Gasteiger partial charge in [0.15, 0.2) is 0 Å². The quantitative estimate of drug-likeness (QED) is 0.168. The van der Waals surface area contributed by atoms with E-state index in [0.29, 0.717) is 34.2 Å². The van der Waals surface area contributed by atoms with Crippen LogP contribution in [0.2, 0.25) is 0 Å². The van der Waals surface area contributed by atoms with Crippen molar-refractivity contribution in [2.45, 2.75) is 49.5 Å². The first-order valence-corrected chi connectivity index (χ1v) is 14.5. The van der Waals surface area contributed by atoms with E-state index in [2.05, 4.69) is 9.17 Å². The van der Waals surface area contributed by atoms with Gasteiger partial charge in [-0.15, -0.1) is 0 Å². The topological polar surface area (TPSA) is 107 Å². The molecule has 1 N–H and O–H groups in total. The molecule has 0 aliphatic carbocycles. The Morgan fingerprint density at radius 3 is 1.87 bits per heavy atom. The molecule has 0 atom stereocenters. The van der Waals surface area contributed by atoms with Crippen LogP contribution in [-0.4, -0.2) is 48.4 Å². The molecule has 0 saturated carbocycles. The minimum absolute atomic E-state index is 0.0194. The summed E-state index contributed by atoms with van der Waals surface area (Å²) in [5.41, 5.74) is -7.64. The minimum atomic E-state index is -7.49. The van der Waals surface area contributed by atoms with Crippen LogP contribution in [0, 0.1) is 0 Å². The van der Waals surface area contributed by atoms with Crippen LogP contribution in [-0.2, 0) is 15.5 Å². The summed E-state index contributed by atoms with van der Waals surface area (Å²) in [6.07, 6.45) is -13.5. The second-order valence-electron chi connectivity index (χ2n) is 11.2. The van der Waals surface area contributed by atoms with Crippen molar-refractivity contribution in [2.75, 3.05) is 7.11 Å². The Morgan fingerprint density at radius 2 is 1.34 bits per heavy atom. The van der Waals surface area contributed by atoms with Gasteiger partial charge in [0, 0.05) is 23.4 Å². The lowest BCUT2D eigenvalue weighted by Crippen LogP contribution is -2.67. The van der Waals surface area contributed by atoms with E-state index >= 15 is 0 Å². The van der Waals surface area contributed by atoms with E-state index in [1.807, 2.05) is 20.8 Å². The summed E-state index contributed by atoms with van der Waals surface area (Å²) >= 11 is 0. The molecular formula is C29H23F9N2O6S. The molecule has 0 saturated heterocycles. The fraction of sp³-hybridized carbons (Fsp3) is 0.310. The van der Waals surface area contributed by atoms with Crippen LogP contribution in [0.4, 0.5) is 39.5 Å². The van der Waals surface area contributed by atoms with Crippen molar-refractivity contribution < 1.29 is 56.9 Å². The zero-order valence-corrected chi connectivity index (χ0v) is 25.3. The van der Waals surface area contributed by atoms with Crippen molar-refractivity contribution in [3.8, 4) is 28.3 Å². The molecule has 3 aromatic carbocycles. The second kappa shape index (κ2) is 11.3. The van der Waals surface area contributed by atoms with Gasteiger partial charge in [-0.05, 0) is 52.1 Å². The first kappa shape index (κ1) is 35.4. The molecule has 1 aromatic heterocycles. The fourth-order valence-corrected chi connectivity index (χ4v) is 5.69. The van der Waals surface area contributed by atoms with Crippen molar-refractivity contribution >= 4 is 20.9 Å². The number of nitrogens with zero attached hydrogens (tertiary/aromatic N) is 1. The van der Waals surface area contributed by atoms with Crippen molar-refractivity contribution in [2.24, 2.45) is 0 Å². The smallest absolute Gasteiger partial charge is 0.439 e.